The predicted octanol–water partition coefficient (Wildman–Crippen LogP) is -3.79. The van der Waals surface area contributed by atoms with Crippen molar-refractivity contribution >= 4 is 0 Å². The van der Waals surface area contributed by atoms with Gasteiger partial charge in [-0.25, -0.2) is 0 Å². The topological polar surface area (TPSA) is 0 Å². The van der Waals surface area contributed by atoms with Crippen LogP contribution in [0.25, 0.3) is 0 Å². The van der Waals surface area contributed by atoms with Crippen LogP contribution in [0, 0.1) is 0 Å². The molecule has 2 aliphatic rings. The summed E-state index contributed by atoms with van der Waals surface area (Å²) in [6.07, 6.45) is 11.5. The van der Waals surface area contributed by atoms with Gasteiger partial charge in [-0.2, -0.15) is 0 Å². The monoisotopic (exact) mass is 226 g/mol. The van der Waals surface area contributed by atoms with Gasteiger partial charge in [0.05, 0.1) is 0 Å². The average Bonchev–Trinajstić information content (AvgIpc) is 2.46. The molecule has 0 N–H and O–H groups in total. The zero-order valence-electron chi connectivity index (χ0n) is 5.89. The Morgan fingerprint density at radius 3 is 2.27 bits per heavy atom. The zero-order chi connectivity index (χ0) is 6.10. The van der Waals surface area contributed by atoms with Crippen molar-refractivity contribution in [3.05, 3.63) is 33.2 Å². The maximum absolute atomic E-state index is 2.33. The Hall–Kier alpha value is 0.332. The normalized spacial score (nSPS) is 17.5. The molecule has 0 fully saturated rings. The molecule has 0 saturated carbocycles. The van der Waals surface area contributed by atoms with Gasteiger partial charge in [-0.3, -0.25) is 0 Å². The van der Waals surface area contributed by atoms with E-state index < -0.39 is 0 Å². The van der Waals surface area contributed by atoms with Crippen LogP contribution < -0.4 is 24.8 Å². The molecule has 0 heterocycles. The van der Waals surface area contributed by atoms with Crippen LogP contribution in [0.1, 0.15) is 12.8 Å². The van der Waals surface area contributed by atoms with Gasteiger partial charge in [0, 0.05) is 0 Å². The van der Waals surface area contributed by atoms with Gasteiger partial charge in [-0.1, -0.05) is 0 Å². The summed E-state index contributed by atoms with van der Waals surface area (Å²) in [5.41, 5.74) is 0. The molecule has 0 aromatic carbocycles. The summed E-state index contributed by atoms with van der Waals surface area (Å²) >= 11 is 0.726. The molecule has 0 spiro atoms. The molecular weight excluding hydrogens is 219 g/mol. The first-order valence-corrected chi connectivity index (χ1v) is 4.45. The number of rotatable bonds is 2. The third-order valence-corrected chi connectivity index (χ3v) is 3.18. The minimum atomic E-state index is 0. The molecule has 0 bridgehead atoms. The second-order valence-corrected chi connectivity index (χ2v) is 4.20. The maximum atomic E-state index is 2.33. The molecule has 0 saturated heterocycles. The Bertz CT molecular complexity index is 216. The number of allylic oxidation sites excluding steroid dienone is 6. The van der Waals surface area contributed by atoms with E-state index in [9.17, 15) is 0 Å². The Labute approximate surface area is 86.0 Å². The van der Waals surface area contributed by atoms with E-state index in [0.717, 1.165) is 15.2 Å². The molecule has 0 atom stereocenters. The predicted molar refractivity (Wildman–Crippen MR) is 34.5 cm³/mol. The van der Waals surface area contributed by atoms with Crippen LogP contribution in [-0.2, 0) is 15.2 Å². The van der Waals surface area contributed by atoms with E-state index in [4.69, 9.17) is 0 Å². The summed E-state index contributed by atoms with van der Waals surface area (Å²) in [4.78, 5) is 0. The summed E-state index contributed by atoms with van der Waals surface area (Å²) in [7, 11) is 0. The minimum Gasteiger partial charge on any atom is -1.00 e. The van der Waals surface area contributed by atoms with Crippen molar-refractivity contribution in [1.82, 2.24) is 0 Å². The van der Waals surface area contributed by atoms with E-state index in [1.807, 2.05) is 0 Å². The molecule has 0 unspecified atom stereocenters. The van der Waals surface area contributed by atoms with E-state index in [0.29, 0.717) is 0 Å². The third-order valence-electron chi connectivity index (χ3n) is 1.37. The average molecular weight is 227 g/mol. The van der Waals surface area contributed by atoms with Gasteiger partial charge in [-0.05, 0) is 0 Å². The standard InChI is InChI=1S/C5H5.C3H3.2ClH.Cr/c1-2-4-5-3-1;1-2-3-1;;;/h1-3H,4H2;1H,2H2;2*1H;/q;;;;+2/p-2. The van der Waals surface area contributed by atoms with Crippen LogP contribution in [0.5, 0.6) is 0 Å². The molecule has 0 aliphatic heterocycles. The van der Waals surface area contributed by atoms with Gasteiger partial charge in [-0.15, -0.1) is 0 Å². The fourth-order valence-corrected chi connectivity index (χ4v) is 2.22. The van der Waals surface area contributed by atoms with E-state index in [1.165, 1.54) is 12.8 Å². The molecule has 0 aromatic rings. The van der Waals surface area contributed by atoms with Crippen molar-refractivity contribution < 1.29 is 40.0 Å². The Morgan fingerprint density at radius 2 is 1.82 bits per heavy atom. The van der Waals surface area contributed by atoms with Crippen LogP contribution >= 0.6 is 0 Å². The molecular formula is C8H8Cl2Cr. The number of halogens is 2. The zero-order valence-corrected chi connectivity index (χ0v) is 8.67. The van der Waals surface area contributed by atoms with Crippen LogP contribution in [-0.4, -0.2) is 0 Å². The third kappa shape index (κ3) is 3.49. The fourth-order valence-electron chi connectivity index (χ4n) is 0.797. The van der Waals surface area contributed by atoms with Crippen molar-refractivity contribution in [2.45, 2.75) is 12.8 Å². The van der Waals surface area contributed by atoms with Crippen LogP contribution in [0.2, 0.25) is 0 Å². The second-order valence-electron chi connectivity index (χ2n) is 2.24. The molecule has 0 amide bonds. The van der Waals surface area contributed by atoms with E-state index >= 15 is 0 Å². The summed E-state index contributed by atoms with van der Waals surface area (Å²) in [5, 5.41) is 0. The van der Waals surface area contributed by atoms with Crippen molar-refractivity contribution in [3.8, 4) is 0 Å². The van der Waals surface area contributed by atoms with Crippen molar-refractivity contribution in [1.29, 1.82) is 0 Å². The molecule has 2 aliphatic carbocycles. The summed E-state index contributed by atoms with van der Waals surface area (Å²) in [6.45, 7) is 0. The Balaban J connectivity index is 0.000000500. The van der Waals surface area contributed by atoms with E-state index in [1.54, 1.807) is 8.87 Å². The number of hydrogen-bond donors (Lipinski definition) is 0. The first-order chi connectivity index (χ1) is 4.45. The molecule has 3 heteroatoms. The molecule has 11 heavy (non-hydrogen) atoms. The first kappa shape index (κ1) is 11.3. The van der Waals surface area contributed by atoms with Gasteiger partial charge in [0.15, 0.2) is 0 Å². The van der Waals surface area contributed by atoms with Gasteiger partial charge in [0.25, 0.3) is 0 Å². The summed E-state index contributed by atoms with van der Waals surface area (Å²) in [5.74, 6) is 0. The van der Waals surface area contributed by atoms with Gasteiger partial charge in [0.1, 0.15) is 0 Å². The van der Waals surface area contributed by atoms with Gasteiger partial charge >= 0.3 is 61.2 Å². The largest absolute Gasteiger partial charge is 1.00 e. The van der Waals surface area contributed by atoms with Gasteiger partial charge in [0.2, 0.25) is 0 Å². The fraction of sp³-hybridized carbons (Fsp3) is 0.250. The second kappa shape index (κ2) is 5.06. The molecule has 60 valence electrons. The van der Waals surface area contributed by atoms with Crippen LogP contribution in [0.4, 0.5) is 0 Å². The molecule has 0 nitrogen and oxygen atoms in total. The first-order valence-electron chi connectivity index (χ1n) is 3.18. The van der Waals surface area contributed by atoms with E-state index in [2.05, 4.69) is 24.3 Å². The molecule has 0 radical (unpaired) electrons. The summed E-state index contributed by atoms with van der Waals surface area (Å²) < 4.78 is 3.34. The molecule has 2 rings (SSSR count). The summed E-state index contributed by atoms with van der Waals surface area (Å²) in [6, 6.07) is 0. The van der Waals surface area contributed by atoms with Gasteiger partial charge < -0.3 is 24.8 Å². The minimum absolute atomic E-state index is 0. The number of hydrogen-bond acceptors (Lipinski definition) is 0. The van der Waals surface area contributed by atoms with Crippen LogP contribution in [0.15, 0.2) is 33.2 Å². The Morgan fingerprint density at radius 1 is 1.09 bits per heavy atom. The maximum Gasteiger partial charge on any atom is -1.00 e. The Kier molecular flexibility index (Phi) is 5.22. The van der Waals surface area contributed by atoms with Crippen LogP contribution in [0.3, 0.4) is 0 Å². The van der Waals surface area contributed by atoms with Crippen molar-refractivity contribution in [2.24, 2.45) is 0 Å². The van der Waals surface area contributed by atoms with Crippen molar-refractivity contribution in [3.63, 3.8) is 0 Å². The van der Waals surface area contributed by atoms with E-state index in [-0.39, 0.29) is 24.8 Å². The quantitative estimate of drug-likeness (QED) is 0.454. The smallest absolute Gasteiger partial charge is 1.00 e. The molecule has 0 aromatic heterocycles. The van der Waals surface area contributed by atoms with Crippen molar-refractivity contribution in [2.75, 3.05) is 0 Å². The SMILES string of the molecule is C1=CC[C]([Cr+2][C]2=CC2)=C1.[Cl-].[Cl-].